The van der Waals surface area contributed by atoms with Crippen LogP contribution in [0.25, 0.3) is 22.5 Å². The normalized spacial score (nSPS) is 11.8. The van der Waals surface area contributed by atoms with Gasteiger partial charge in [0.05, 0.1) is 29.1 Å². The van der Waals surface area contributed by atoms with Crippen molar-refractivity contribution in [2.45, 2.75) is 19.6 Å². The van der Waals surface area contributed by atoms with Gasteiger partial charge in [-0.25, -0.2) is 4.98 Å². The SMILES string of the molecule is Cc1nc(-c2ccccc2)cn1Cc1cc(C#N)ccc1-c1ccc(C(O)CN)cn1. The number of nitrogens with zero attached hydrogens (tertiary/aromatic N) is 4. The second-order valence-corrected chi connectivity index (χ2v) is 7.38. The molecule has 2 aromatic heterocycles. The maximum absolute atomic E-state index is 9.92. The standard InChI is InChI=1S/C25H23N5O/c1-17-29-24(19-5-3-2-4-6-19)16-30(17)15-21-11-18(12-26)7-9-22(21)23-10-8-20(14-28-23)25(31)13-27/h2-11,14,16,25,31H,13,15,27H2,1H3. The predicted octanol–water partition coefficient (Wildman–Crippen LogP) is 3.83. The topological polar surface area (TPSA) is 101 Å². The second kappa shape index (κ2) is 8.92. The minimum atomic E-state index is -0.730. The number of hydrogen-bond donors (Lipinski definition) is 2. The highest BCUT2D eigenvalue weighted by molar-refractivity contribution is 5.65. The van der Waals surface area contributed by atoms with Crippen molar-refractivity contribution < 1.29 is 5.11 Å². The summed E-state index contributed by atoms with van der Waals surface area (Å²) in [6.07, 6.45) is 2.94. The molecule has 0 saturated carbocycles. The summed E-state index contributed by atoms with van der Waals surface area (Å²) in [6.45, 7) is 2.68. The van der Waals surface area contributed by atoms with Gasteiger partial charge in [-0.15, -0.1) is 0 Å². The van der Waals surface area contributed by atoms with Crippen molar-refractivity contribution in [2.24, 2.45) is 5.73 Å². The first kappa shape index (κ1) is 20.5. The van der Waals surface area contributed by atoms with E-state index in [0.29, 0.717) is 17.7 Å². The van der Waals surface area contributed by atoms with Gasteiger partial charge in [0, 0.05) is 42.2 Å². The lowest BCUT2D eigenvalue weighted by Crippen LogP contribution is -2.11. The molecular weight excluding hydrogens is 386 g/mol. The van der Waals surface area contributed by atoms with Crippen LogP contribution in [0.3, 0.4) is 0 Å². The van der Waals surface area contributed by atoms with E-state index in [1.807, 2.05) is 67.7 Å². The highest BCUT2D eigenvalue weighted by atomic mass is 16.3. The highest BCUT2D eigenvalue weighted by Crippen LogP contribution is 2.26. The van der Waals surface area contributed by atoms with Gasteiger partial charge in [0.2, 0.25) is 0 Å². The quantitative estimate of drug-likeness (QED) is 0.504. The van der Waals surface area contributed by atoms with Crippen molar-refractivity contribution in [3.63, 3.8) is 0 Å². The largest absolute Gasteiger partial charge is 0.387 e. The minimum absolute atomic E-state index is 0.146. The molecule has 2 heterocycles. The number of imidazole rings is 1. The molecule has 0 aliphatic rings. The second-order valence-electron chi connectivity index (χ2n) is 7.38. The molecule has 154 valence electrons. The van der Waals surface area contributed by atoms with Gasteiger partial charge in [0.25, 0.3) is 0 Å². The van der Waals surface area contributed by atoms with Gasteiger partial charge in [-0.3, -0.25) is 4.98 Å². The Hall–Kier alpha value is -3.79. The number of nitriles is 1. The minimum Gasteiger partial charge on any atom is -0.387 e. The Labute approximate surface area is 181 Å². The Morgan fingerprint density at radius 3 is 2.58 bits per heavy atom. The number of pyridine rings is 1. The number of aryl methyl sites for hydroxylation is 1. The molecule has 4 rings (SSSR count). The van der Waals surface area contributed by atoms with Crippen molar-refractivity contribution in [1.82, 2.24) is 14.5 Å². The summed E-state index contributed by atoms with van der Waals surface area (Å²) in [5.41, 5.74) is 11.5. The van der Waals surface area contributed by atoms with Gasteiger partial charge in [0.15, 0.2) is 0 Å². The van der Waals surface area contributed by atoms with Gasteiger partial charge in [-0.1, -0.05) is 42.5 Å². The Bertz CT molecular complexity index is 1220. The molecular formula is C25H23N5O. The predicted molar refractivity (Wildman–Crippen MR) is 120 cm³/mol. The van der Waals surface area contributed by atoms with Crippen LogP contribution in [0.4, 0.5) is 0 Å². The third kappa shape index (κ3) is 4.38. The van der Waals surface area contributed by atoms with Crippen LogP contribution in [0.5, 0.6) is 0 Å². The van der Waals surface area contributed by atoms with Crippen LogP contribution in [0.15, 0.2) is 73.1 Å². The van der Waals surface area contributed by atoms with Gasteiger partial charge in [-0.05, 0) is 30.7 Å². The van der Waals surface area contributed by atoms with Gasteiger partial charge in [-0.2, -0.15) is 5.26 Å². The van der Waals surface area contributed by atoms with E-state index in [-0.39, 0.29) is 6.54 Å². The molecule has 31 heavy (non-hydrogen) atoms. The number of rotatable bonds is 6. The zero-order valence-corrected chi connectivity index (χ0v) is 17.2. The number of nitrogens with two attached hydrogens (primary N) is 1. The molecule has 0 bridgehead atoms. The van der Waals surface area contributed by atoms with E-state index in [0.717, 1.165) is 33.9 Å². The fraction of sp³-hybridized carbons (Fsp3) is 0.160. The monoisotopic (exact) mass is 409 g/mol. The van der Waals surface area contributed by atoms with Gasteiger partial charge < -0.3 is 15.4 Å². The number of hydrogen-bond acceptors (Lipinski definition) is 5. The molecule has 0 spiro atoms. The average molecular weight is 409 g/mol. The third-order valence-corrected chi connectivity index (χ3v) is 5.29. The van der Waals surface area contributed by atoms with Gasteiger partial charge in [0.1, 0.15) is 5.82 Å². The summed E-state index contributed by atoms with van der Waals surface area (Å²) in [6, 6.07) is 21.6. The van der Waals surface area contributed by atoms with E-state index < -0.39 is 6.10 Å². The third-order valence-electron chi connectivity index (χ3n) is 5.29. The van der Waals surface area contributed by atoms with Crippen molar-refractivity contribution >= 4 is 0 Å². The first-order valence-corrected chi connectivity index (χ1v) is 10.1. The Morgan fingerprint density at radius 2 is 1.90 bits per heavy atom. The maximum Gasteiger partial charge on any atom is 0.106 e. The van der Waals surface area contributed by atoms with Crippen LogP contribution in [0.2, 0.25) is 0 Å². The maximum atomic E-state index is 9.92. The molecule has 4 aromatic rings. The van der Waals surface area contributed by atoms with E-state index in [9.17, 15) is 10.4 Å². The van der Waals surface area contributed by atoms with Crippen LogP contribution in [-0.2, 0) is 6.54 Å². The molecule has 0 aliphatic carbocycles. The first-order chi connectivity index (χ1) is 15.1. The lowest BCUT2D eigenvalue weighted by atomic mass is 10.00. The Balaban J connectivity index is 1.70. The number of benzene rings is 2. The van der Waals surface area contributed by atoms with Crippen LogP contribution < -0.4 is 5.73 Å². The highest BCUT2D eigenvalue weighted by Gasteiger charge is 2.13. The lowest BCUT2D eigenvalue weighted by Gasteiger charge is -2.13. The molecule has 3 N–H and O–H groups in total. The van der Waals surface area contributed by atoms with Crippen LogP contribution in [0.1, 0.15) is 28.6 Å². The number of aliphatic hydroxyl groups is 1. The van der Waals surface area contributed by atoms with Crippen molar-refractivity contribution in [1.29, 1.82) is 5.26 Å². The van der Waals surface area contributed by atoms with Crippen LogP contribution in [0, 0.1) is 18.3 Å². The van der Waals surface area contributed by atoms with Crippen molar-refractivity contribution in [3.8, 4) is 28.6 Å². The van der Waals surface area contributed by atoms with E-state index in [2.05, 4.69) is 15.6 Å². The van der Waals surface area contributed by atoms with E-state index in [1.165, 1.54) is 0 Å². The fourth-order valence-corrected chi connectivity index (χ4v) is 3.54. The molecule has 1 unspecified atom stereocenters. The summed E-state index contributed by atoms with van der Waals surface area (Å²) in [5, 5.41) is 19.3. The summed E-state index contributed by atoms with van der Waals surface area (Å²) >= 11 is 0. The van der Waals surface area contributed by atoms with Crippen LogP contribution in [-0.4, -0.2) is 26.2 Å². The molecule has 0 saturated heterocycles. The molecule has 2 aromatic carbocycles. The summed E-state index contributed by atoms with van der Waals surface area (Å²) < 4.78 is 2.08. The zero-order valence-electron chi connectivity index (χ0n) is 17.2. The smallest absolute Gasteiger partial charge is 0.106 e. The van der Waals surface area contributed by atoms with E-state index in [1.54, 1.807) is 12.3 Å². The summed E-state index contributed by atoms with van der Waals surface area (Å²) in [5.74, 6) is 0.890. The van der Waals surface area contributed by atoms with Crippen LogP contribution >= 0.6 is 0 Å². The molecule has 0 radical (unpaired) electrons. The summed E-state index contributed by atoms with van der Waals surface area (Å²) in [7, 11) is 0. The van der Waals surface area contributed by atoms with E-state index >= 15 is 0 Å². The molecule has 0 aliphatic heterocycles. The molecule has 0 fully saturated rings. The Morgan fingerprint density at radius 1 is 1.10 bits per heavy atom. The molecule has 6 nitrogen and oxygen atoms in total. The Kier molecular flexibility index (Phi) is 5.89. The molecule has 6 heteroatoms. The first-order valence-electron chi connectivity index (χ1n) is 10.1. The van der Waals surface area contributed by atoms with Gasteiger partial charge >= 0.3 is 0 Å². The fourth-order valence-electron chi connectivity index (χ4n) is 3.54. The lowest BCUT2D eigenvalue weighted by molar-refractivity contribution is 0.186. The molecule has 0 amide bonds. The summed E-state index contributed by atoms with van der Waals surface area (Å²) in [4.78, 5) is 9.23. The van der Waals surface area contributed by atoms with Crippen molar-refractivity contribution in [3.05, 3.63) is 95.6 Å². The number of aromatic nitrogens is 3. The average Bonchev–Trinajstić information content (AvgIpc) is 3.19. The van der Waals surface area contributed by atoms with E-state index in [4.69, 9.17) is 10.7 Å². The number of aliphatic hydroxyl groups excluding tert-OH is 1. The zero-order chi connectivity index (χ0) is 21.8. The molecule has 1 atom stereocenters. The van der Waals surface area contributed by atoms with Crippen molar-refractivity contribution in [2.75, 3.05) is 6.54 Å².